The number of fused-ring (bicyclic) bond motifs is 1. The third-order valence-corrected chi connectivity index (χ3v) is 3.01. The fourth-order valence-electron chi connectivity index (χ4n) is 1.86. The second-order valence-corrected chi connectivity index (χ2v) is 4.38. The fourth-order valence-corrected chi connectivity index (χ4v) is 1.86. The number of rotatable bonds is 4. The first-order valence-electron chi connectivity index (χ1n) is 6.23. The van der Waals surface area contributed by atoms with E-state index in [0.717, 1.165) is 16.8 Å². The summed E-state index contributed by atoms with van der Waals surface area (Å²) < 4.78 is 5.53. The molecule has 3 aromatic rings. The molecule has 8 nitrogen and oxygen atoms in total. The largest absolute Gasteiger partial charge is 0.444 e. The number of nitrogens with one attached hydrogen (secondary N) is 3. The summed E-state index contributed by atoms with van der Waals surface area (Å²) in [5, 5.41) is 13.7. The van der Waals surface area contributed by atoms with Crippen LogP contribution in [-0.4, -0.2) is 32.2 Å². The van der Waals surface area contributed by atoms with Gasteiger partial charge in [-0.15, -0.1) is 0 Å². The van der Waals surface area contributed by atoms with E-state index in [1.807, 2.05) is 13.8 Å². The Labute approximate surface area is 115 Å². The van der Waals surface area contributed by atoms with Gasteiger partial charge in [0.1, 0.15) is 11.6 Å². The maximum atomic E-state index is 5.53. The van der Waals surface area contributed by atoms with Crippen LogP contribution in [0.3, 0.4) is 0 Å². The van der Waals surface area contributed by atoms with Crippen LogP contribution in [0.5, 0.6) is 0 Å². The van der Waals surface area contributed by atoms with Crippen molar-refractivity contribution in [2.75, 3.05) is 17.7 Å². The number of anilines is 2. The molecule has 0 saturated carbocycles. The molecular formula is C12H15N7O. The van der Waals surface area contributed by atoms with Crippen molar-refractivity contribution >= 4 is 22.8 Å². The summed E-state index contributed by atoms with van der Waals surface area (Å²) in [4.78, 5) is 13.0. The summed E-state index contributed by atoms with van der Waals surface area (Å²) in [6.45, 7) is 4.26. The molecule has 3 aromatic heterocycles. The normalized spacial score (nSPS) is 10.9. The molecule has 0 amide bonds. The summed E-state index contributed by atoms with van der Waals surface area (Å²) in [7, 11) is 1.77. The maximum absolute atomic E-state index is 5.53. The molecule has 0 bridgehead atoms. The van der Waals surface area contributed by atoms with Crippen molar-refractivity contribution < 1.29 is 4.42 Å². The molecule has 0 spiro atoms. The van der Waals surface area contributed by atoms with Crippen molar-refractivity contribution in [2.24, 2.45) is 0 Å². The summed E-state index contributed by atoms with van der Waals surface area (Å²) in [5.74, 6) is 2.65. The Balaban J connectivity index is 1.88. The molecule has 0 radical (unpaired) electrons. The summed E-state index contributed by atoms with van der Waals surface area (Å²) in [6.07, 6.45) is 1.68. The second kappa shape index (κ2) is 4.80. The van der Waals surface area contributed by atoms with Gasteiger partial charge in [0.2, 0.25) is 11.8 Å². The lowest BCUT2D eigenvalue weighted by molar-refractivity contribution is 0.478. The Morgan fingerprint density at radius 2 is 2.10 bits per heavy atom. The van der Waals surface area contributed by atoms with E-state index >= 15 is 0 Å². The van der Waals surface area contributed by atoms with Gasteiger partial charge < -0.3 is 15.1 Å². The van der Waals surface area contributed by atoms with Crippen LogP contribution in [0, 0.1) is 13.8 Å². The smallest absolute Gasteiger partial charge is 0.226 e. The first kappa shape index (κ1) is 12.4. The number of aromatic amines is 1. The standard InChI is InChI=1S/C12H15N7O/c1-6-7(2)20-9(16-6)5-14-10-8-4-15-19-11(8)18-12(13-3)17-10/h4H,5H2,1-3H3,(H3,13,14,15,17,18,19). The highest BCUT2D eigenvalue weighted by molar-refractivity contribution is 5.86. The Morgan fingerprint density at radius 1 is 1.25 bits per heavy atom. The van der Waals surface area contributed by atoms with Crippen molar-refractivity contribution in [1.82, 2.24) is 25.1 Å². The van der Waals surface area contributed by atoms with E-state index in [4.69, 9.17) is 4.42 Å². The van der Waals surface area contributed by atoms with Gasteiger partial charge in [0.05, 0.1) is 23.8 Å². The zero-order valence-electron chi connectivity index (χ0n) is 11.5. The second-order valence-electron chi connectivity index (χ2n) is 4.38. The summed E-state index contributed by atoms with van der Waals surface area (Å²) in [6, 6.07) is 0. The topological polar surface area (TPSA) is 105 Å². The van der Waals surface area contributed by atoms with Gasteiger partial charge in [0, 0.05) is 7.05 Å². The lowest BCUT2D eigenvalue weighted by Crippen LogP contribution is -2.05. The molecule has 104 valence electrons. The molecular weight excluding hydrogens is 258 g/mol. The van der Waals surface area contributed by atoms with Gasteiger partial charge in [-0.2, -0.15) is 15.1 Å². The van der Waals surface area contributed by atoms with E-state index in [-0.39, 0.29) is 0 Å². The van der Waals surface area contributed by atoms with E-state index < -0.39 is 0 Å². The van der Waals surface area contributed by atoms with E-state index in [0.29, 0.717) is 29.8 Å². The molecule has 0 aliphatic rings. The quantitative estimate of drug-likeness (QED) is 0.663. The van der Waals surface area contributed by atoms with Crippen molar-refractivity contribution in [2.45, 2.75) is 20.4 Å². The Morgan fingerprint density at radius 3 is 2.80 bits per heavy atom. The molecule has 0 unspecified atom stereocenters. The first-order chi connectivity index (χ1) is 9.67. The van der Waals surface area contributed by atoms with Crippen molar-refractivity contribution in [3.05, 3.63) is 23.5 Å². The van der Waals surface area contributed by atoms with Crippen molar-refractivity contribution in [3.8, 4) is 0 Å². The van der Waals surface area contributed by atoms with E-state index in [1.165, 1.54) is 0 Å². The highest BCUT2D eigenvalue weighted by atomic mass is 16.4. The van der Waals surface area contributed by atoms with Gasteiger partial charge in [-0.05, 0) is 13.8 Å². The molecule has 0 saturated heterocycles. The predicted octanol–water partition coefficient (Wildman–Crippen LogP) is 1.61. The van der Waals surface area contributed by atoms with Crippen LogP contribution in [0.4, 0.5) is 11.8 Å². The Hall–Kier alpha value is -2.64. The SMILES string of the molecule is CNc1nc(NCc2nc(C)c(C)o2)c2cn[nH]c2n1. The lowest BCUT2D eigenvalue weighted by atomic mass is 10.4. The summed E-state index contributed by atoms with van der Waals surface area (Å²) >= 11 is 0. The van der Waals surface area contributed by atoms with Crippen LogP contribution >= 0.6 is 0 Å². The molecule has 3 heterocycles. The zero-order chi connectivity index (χ0) is 14.1. The molecule has 8 heteroatoms. The van der Waals surface area contributed by atoms with Crippen LogP contribution in [0.15, 0.2) is 10.6 Å². The minimum Gasteiger partial charge on any atom is -0.444 e. The zero-order valence-corrected chi connectivity index (χ0v) is 11.5. The van der Waals surface area contributed by atoms with Gasteiger partial charge in [-0.3, -0.25) is 5.10 Å². The average molecular weight is 273 g/mol. The highest BCUT2D eigenvalue weighted by Gasteiger charge is 2.10. The number of oxazole rings is 1. The molecule has 3 rings (SSSR count). The van der Waals surface area contributed by atoms with Crippen LogP contribution in [0.25, 0.3) is 11.0 Å². The highest BCUT2D eigenvalue weighted by Crippen LogP contribution is 2.20. The Bertz CT molecular complexity index is 726. The van der Waals surface area contributed by atoms with Gasteiger partial charge in [-0.25, -0.2) is 4.98 Å². The van der Waals surface area contributed by atoms with E-state index in [2.05, 4.69) is 35.8 Å². The third-order valence-electron chi connectivity index (χ3n) is 3.01. The van der Waals surface area contributed by atoms with Crippen LogP contribution < -0.4 is 10.6 Å². The minimum atomic E-state index is 0.453. The molecule has 0 atom stereocenters. The number of nitrogens with zero attached hydrogens (tertiary/aromatic N) is 4. The van der Waals surface area contributed by atoms with Crippen LogP contribution in [-0.2, 0) is 6.54 Å². The molecule has 0 aromatic carbocycles. The van der Waals surface area contributed by atoms with E-state index in [9.17, 15) is 0 Å². The number of hydrogen-bond acceptors (Lipinski definition) is 7. The molecule has 20 heavy (non-hydrogen) atoms. The third kappa shape index (κ3) is 2.15. The molecule has 3 N–H and O–H groups in total. The molecule has 0 fully saturated rings. The lowest BCUT2D eigenvalue weighted by Gasteiger charge is -2.06. The van der Waals surface area contributed by atoms with Crippen LogP contribution in [0.2, 0.25) is 0 Å². The Kier molecular flexibility index (Phi) is 2.97. The van der Waals surface area contributed by atoms with E-state index in [1.54, 1.807) is 13.2 Å². The maximum Gasteiger partial charge on any atom is 0.226 e. The van der Waals surface area contributed by atoms with Gasteiger partial charge in [0.15, 0.2) is 5.65 Å². The number of H-pyrrole nitrogens is 1. The summed E-state index contributed by atoms with van der Waals surface area (Å²) in [5.41, 5.74) is 1.57. The van der Waals surface area contributed by atoms with Crippen molar-refractivity contribution in [1.29, 1.82) is 0 Å². The molecule has 0 aliphatic carbocycles. The fraction of sp³-hybridized carbons (Fsp3) is 0.333. The molecule has 0 aliphatic heterocycles. The van der Waals surface area contributed by atoms with Gasteiger partial charge >= 0.3 is 0 Å². The number of aromatic nitrogens is 5. The van der Waals surface area contributed by atoms with Gasteiger partial charge in [0.25, 0.3) is 0 Å². The monoisotopic (exact) mass is 273 g/mol. The van der Waals surface area contributed by atoms with Gasteiger partial charge in [-0.1, -0.05) is 0 Å². The predicted molar refractivity (Wildman–Crippen MR) is 74.5 cm³/mol. The van der Waals surface area contributed by atoms with Crippen molar-refractivity contribution in [3.63, 3.8) is 0 Å². The number of hydrogen-bond donors (Lipinski definition) is 3. The minimum absolute atomic E-state index is 0.453. The van der Waals surface area contributed by atoms with Crippen LogP contribution in [0.1, 0.15) is 17.3 Å². The number of aryl methyl sites for hydroxylation is 2. The average Bonchev–Trinajstić information content (AvgIpc) is 3.03. The first-order valence-corrected chi connectivity index (χ1v) is 6.23.